The van der Waals surface area contributed by atoms with Gasteiger partial charge in [-0.25, -0.2) is 0 Å². The molecule has 3 rings (SSSR count). The Hall–Kier alpha value is -1.22. The smallest absolute Gasteiger partial charge is 0.0592 e. The highest BCUT2D eigenvalue weighted by Gasteiger charge is 2.21. The first-order valence-corrected chi connectivity index (χ1v) is 8.58. The highest BCUT2D eigenvalue weighted by molar-refractivity contribution is 5.55. The van der Waals surface area contributed by atoms with Crippen molar-refractivity contribution >= 4 is 11.4 Å². The van der Waals surface area contributed by atoms with Crippen molar-refractivity contribution in [1.29, 1.82) is 0 Å². The summed E-state index contributed by atoms with van der Waals surface area (Å²) in [4.78, 5) is 2.51. The van der Waals surface area contributed by atoms with Gasteiger partial charge in [0.15, 0.2) is 0 Å². The summed E-state index contributed by atoms with van der Waals surface area (Å²) in [7, 11) is 0. The Labute approximate surface area is 128 Å². The molecule has 3 nitrogen and oxygen atoms in total. The normalized spacial score (nSPS) is 26.6. The molecule has 0 bridgehead atoms. The molecule has 3 heteroatoms. The minimum atomic E-state index is 0.434. The molecule has 2 atom stereocenters. The van der Waals surface area contributed by atoms with Crippen molar-refractivity contribution in [3.8, 4) is 0 Å². The first kappa shape index (κ1) is 14.7. The van der Waals surface area contributed by atoms with Gasteiger partial charge in [0, 0.05) is 37.1 Å². The Morgan fingerprint density at radius 2 is 1.90 bits per heavy atom. The number of rotatable bonds is 4. The van der Waals surface area contributed by atoms with Crippen LogP contribution in [0.2, 0.25) is 0 Å². The largest absolute Gasteiger partial charge is 0.382 e. The third-order valence-electron chi connectivity index (χ3n) is 4.78. The number of benzene rings is 1. The van der Waals surface area contributed by atoms with E-state index in [1.807, 2.05) is 0 Å². The summed E-state index contributed by atoms with van der Waals surface area (Å²) in [6.07, 6.45) is 7.85. The molecule has 0 radical (unpaired) electrons. The number of piperidine rings is 1. The first-order valence-electron chi connectivity index (χ1n) is 8.58. The molecule has 0 spiro atoms. The van der Waals surface area contributed by atoms with Gasteiger partial charge in [0.2, 0.25) is 0 Å². The van der Waals surface area contributed by atoms with E-state index in [4.69, 9.17) is 4.74 Å². The molecule has 2 fully saturated rings. The van der Waals surface area contributed by atoms with Crippen molar-refractivity contribution in [2.45, 2.75) is 57.6 Å². The molecule has 0 aliphatic carbocycles. The van der Waals surface area contributed by atoms with Gasteiger partial charge in [-0.05, 0) is 62.8 Å². The first-order chi connectivity index (χ1) is 10.3. The minimum absolute atomic E-state index is 0.434. The third-order valence-corrected chi connectivity index (χ3v) is 4.78. The molecule has 0 amide bonds. The van der Waals surface area contributed by atoms with Crippen LogP contribution in [0.5, 0.6) is 0 Å². The molecular weight excluding hydrogens is 260 g/mol. The van der Waals surface area contributed by atoms with Crippen LogP contribution in [0, 0.1) is 0 Å². The van der Waals surface area contributed by atoms with Crippen LogP contribution < -0.4 is 10.2 Å². The third kappa shape index (κ3) is 3.91. The monoisotopic (exact) mass is 288 g/mol. The van der Waals surface area contributed by atoms with E-state index in [1.165, 1.54) is 43.7 Å². The van der Waals surface area contributed by atoms with Crippen molar-refractivity contribution < 1.29 is 4.74 Å². The van der Waals surface area contributed by atoms with E-state index in [-0.39, 0.29) is 0 Å². The number of anilines is 2. The lowest BCUT2D eigenvalue weighted by Crippen LogP contribution is -2.33. The van der Waals surface area contributed by atoms with Crippen molar-refractivity contribution in [3.63, 3.8) is 0 Å². The fourth-order valence-corrected chi connectivity index (χ4v) is 3.45. The van der Waals surface area contributed by atoms with Crippen LogP contribution in [-0.4, -0.2) is 31.8 Å². The zero-order valence-electron chi connectivity index (χ0n) is 13.2. The Balaban J connectivity index is 1.56. The van der Waals surface area contributed by atoms with E-state index in [9.17, 15) is 0 Å². The number of ether oxygens (including phenoxy) is 1. The SMILES string of the molecule is CCC1CC(Nc2ccc(N3CCCCC3)cc2)CCO1. The molecule has 0 aromatic heterocycles. The molecule has 21 heavy (non-hydrogen) atoms. The van der Waals surface area contributed by atoms with Crippen LogP contribution in [0.15, 0.2) is 24.3 Å². The van der Waals surface area contributed by atoms with Crippen LogP contribution >= 0.6 is 0 Å². The van der Waals surface area contributed by atoms with Crippen molar-refractivity contribution in [1.82, 2.24) is 0 Å². The van der Waals surface area contributed by atoms with E-state index in [2.05, 4.69) is 41.4 Å². The summed E-state index contributed by atoms with van der Waals surface area (Å²) >= 11 is 0. The molecule has 2 saturated heterocycles. The maximum atomic E-state index is 5.75. The molecular formula is C18H28N2O. The molecule has 2 aliphatic heterocycles. The molecule has 1 aromatic carbocycles. The van der Waals surface area contributed by atoms with Gasteiger partial charge in [-0.3, -0.25) is 0 Å². The summed E-state index contributed by atoms with van der Waals surface area (Å²) in [5.74, 6) is 0. The van der Waals surface area contributed by atoms with Gasteiger partial charge in [-0.15, -0.1) is 0 Å². The summed E-state index contributed by atoms with van der Waals surface area (Å²) in [5.41, 5.74) is 2.62. The second-order valence-electron chi connectivity index (χ2n) is 6.36. The molecule has 2 aliphatic rings. The quantitative estimate of drug-likeness (QED) is 0.904. The average Bonchev–Trinajstić information content (AvgIpc) is 2.56. The molecule has 0 saturated carbocycles. The standard InChI is InChI=1S/C18H28N2O/c1-2-18-14-16(10-13-21-18)19-15-6-8-17(9-7-15)20-11-4-3-5-12-20/h6-9,16,18-19H,2-5,10-14H2,1H3. The highest BCUT2D eigenvalue weighted by atomic mass is 16.5. The van der Waals surface area contributed by atoms with Gasteiger partial charge in [-0.2, -0.15) is 0 Å². The van der Waals surface area contributed by atoms with Crippen LogP contribution in [0.4, 0.5) is 11.4 Å². The predicted molar refractivity (Wildman–Crippen MR) is 89.2 cm³/mol. The zero-order chi connectivity index (χ0) is 14.5. The highest BCUT2D eigenvalue weighted by Crippen LogP contribution is 2.24. The van der Waals surface area contributed by atoms with Crippen molar-refractivity contribution in [2.75, 3.05) is 29.9 Å². The van der Waals surface area contributed by atoms with Gasteiger partial charge in [0.25, 0.3) is 0 Å². The number of hydrogen-bond donors (Lipinski definition) is 1. The Bertz CT molecular complexity index is 425. The second kappa shape index (κ2) is 7.17. The lowest BCUT2D eigenvalue weighted by atomic mass is 10.0. The summed E-state index contributed by atoms with van der Waals surface area (Å²) in [5, 5.41) is 3.68. The molecule has 2 unspecified atom stereocenters. The molecule has 2 heterocycles. The Kier molecular flexibility index (Phi) is 5.02. The van der Waals surface area contributed by atoms with Crippen LogP contribution in [-0.2, 0) is 4.74 Å². The van der Waals surface area contributed by atoms with E-state index in [1.54, 1.807) is 0 Å². The van der Waals surface area contributed by atoms with Crippen LogP contribution in [0.25, 0.3) is 0 Å². The maximum Gasteiger partial charge on any atom is 0.0592 e. The fraction of sp³-hybridized carbons (Fsp3) is 0.667. The van der Waals surface area contributed by atoms with Crippen LogP contribution in [0.3, 0.4) is 0 Å². The fourth-order valence-electron chi connectivity index (χ4n) is 3.45. The lowest BCUT2D eigenvalue weighted by molar-refractivity contribution is 0.00926. The van der Waals surface area contributed by atoms with Crippen molar-refractivity contribution in [2.24, 2.45) is 0 Å². The Morgan fingerprint density at radius 3 is 2.62 bits per heavy atom. The molecule has 116 valence electrons. The Morgan fingerprint density at radius 1 is 1.14 bits per heavy atom. The average molecular weight is 288 g/mol. The van der Waals surface area contributed by atoms with E-state index >= 15 is 0 Å². The topological polar surface area (TPSA) is 24.5 Å². The lowest BCUT2D eigenvalue weighted by Gasteiger charge is -2.31. The van der Waals surface area contributed by atoms with Crippen LogP contribution in [0.1, 0.15) is 45.4 Å². The second-order valence-corrected chi connectivity index (χ2v) is 6.36. The summed E-state index contributed by atoms with van der Waals surface area (Å²) < 4.78 is 5.75. The van der Waals surface area contributed by atoms with Gasteiger partial charge in [0.05, 0.1) is 6.10 Å². The van der Waals surface area contributed by atoms with Crippen molar-refractivity contribution in [3.05, 3.63) is 24.3 Å². The summed E-state index contributed by atoms with van der Waals surface area (Å²) in [6.45, 7) is 5.53. The van der Waals surface area contributed by atoms with Gasteiger partial charge < -0.3 is 15.0 Å². The van der Waals surface area contributed by atoms with Gasteiger partial charge in [-0.1, -0.05) is 6.92 Å². The summed E-state index contributed by atoms with van der Waals surface area (Å²) in [6, 6.07) is 9.57. The zero-order valence-corrected chi connectivity index (χ0v) is 13.2. The van der Waals surface area contributed by atoms with E-state index in [0.717, 1.165) is 25.9 Å². The number of hydrogen-bond acceptors (Lipinski definition) is 3. The van der Waals surface area contributed by atoms with E-state index in [0.29, 0.717) is 12.1 Å². The number of nitrogens with one attached hydrogen (secondary N) is 1. The number of nitrogens with zero attached hydrogens (tertiary/aromatic N) is 1. The van der Waals surface area contributed by atoms with Gasteiger partial charge >= 0.3 is 0 Å². The maximum absolute atomic E-state index is 5.75. The molecule has 1 aromatic rings. The van der Waals surface area contributed by atoms with Gasteiger partial charge in [0.1, 0.15) is 0 Å². The predicted octanol–water partition coefficient (Wildman–Crippen LogP) is 4.05. The molecule has 1 N–H and O–H groups in total. The minimum Gasteiger partial charge on any atom is -0.382 e. The van der Waals surface area contributed by atoms with E-state index < -0.39 is 0 Å².